The molecule has 15 heavy (non-hydrogen) atoms. The van der Waals surface area contributed by atoms with Crippen molar-refractivity contribution in [3.8, 4) is 5.75 Å². The van der Waals surface area contributed by atoms with Gasteiger partial charge >= 0.3 is 0 Å². The fourth-order valence-corrected chi connectivity index (χ4v) is 1.70. The highest BCUT2D eigenvalue weighted by atomic mass is 16.5. The first-order valence-corrected chi connectivity index (χ1v) is 5.58. The molecular formula is C13H21NO. The van der Waals surface area contributed by atoms with Crippen LogP contribution in [0.2, 0.25) is 0 Å². The second-order valence-corrected chi connectivity index (χ2v) is 4.01. The largest absolute Gasteiger partial charge is 0.497 e. The highest BCUT2D eigenvalue weighted by Crippen LogP contribution is 2.22. The van der Waals surface area contributed by atoms with Crippen molar-refractivity contribution in [2.24, 2.45) is 0 Å². The minimum Gasteiger partial charge on any atom is -0.497 e. The molecule has 1 aromatic carbocycles. The number of aryl methyl sites for hydroxylation is 1. The Morgan fingerprint density at radius 2 is 2.13 bits per heavy atom. The minimum atomic E-state index is 0.530. The van der Waals surface area contributed by atoms with Crippen LogP contribution in [0, 0.1) is 6.92 Å². The van der Waals surface area contributed by atoms with Crippen molar-refractivity contribution in [1.29, 1.82) is 0 Å². The molecule has 84 valence electrons. The van der Waals surface area contributed by atoms with E-state index < -0.39 is 0 Å². The zero-order chi connectivity index (χ0) is 11.3. The normalized spacial score (nSPS) is 12.3. The van der Waals surface area contributed by atoms with Gasteiger partial charge in [-0.15, -0.1) is 0 Å². The molecule has 1 N–H and O–H groups in total. The zero-order valence-corrected chi connectivity index (χ0v) is 10.1. The van der Waals surface area contributed by atoms with Crippen LogP contribution in [0.15, 0.2) is 18.2 Å². The molecule has 2 nitrogen and oxygen atoms in total. The quantitative estimate of drug-likeness (QED) is 0.796. The van der Waals surface area contributed by atoms with Crippen molar-refractivity contribution in [3.63, 3.8) is 0 Å². The first kappa shape index (κ1) is 11.9. The van der Waals surface area contributed by atoms with Crippen LogP contribution in [0.25, 0.3) is 0 Å². The standard InChI is InChI=1S/C13H21NO/c1-5-6-11(3)14-13-8-7-12(15-4)9-10(13)2/h7-9,11,14H,5-6H2,1-4H3. The number of benzene rings is 1. The van der Waals surface area contributed by atoms with Gasteiger partial charge in [-0.25, -0.2) is 0 Å². The molecule has 1 rings (SSSR count). The lowest BCUT2D eigenvalue weighted by Gasteiger charge is -2.16. The zero-order valence-electron chi connectivity index (χ0n) is 10.1. The Kier molecular flexibility index (Phi) is 4.47. The van der Waals surface area contributed by atoms with Gasteiger partial charge < -0.3 is 10.1 Å². The highest BCUT2D eigenvalue weighted by molar-refractivity contribution is 5.54. The number of nitrogens with one attached hydrogen (secondary N) is 1. The molecule has 0 radical (unpaired) electrons. The molecule has 0 aliphatic heterocycles. The number of anilines is 1. The summed E-state index contributed by atoms with van der Waals surface area (Å²) in [5.74, 6) is 0.918. The molecule has 0 spiro atoms. The lowest BCUT2D eigenvalue weighted by molar-refractivity contribution is 0.414. The molecule has 1 atom stereocenters. The molecule has 0 saturated carbocycles. The fourth-order valence-electron chi connectivity index (χ4n) is 1.70. The summed E-state index contributed by atoms with van der Waals surface area (Å²) in [7, 11) is 1.70. The summed E-state index contributed by atoms with van der Waals surface area (Å²) in [6, 6.07) is 6.66. The molecule has 0 aliphatic carbocycles. The van der Waals surface area contributed by atoms with Crippen LogP contribution in [-0.2, 0) is 0 Å². The monoisotopic (exact) mass is 207 g/mol. The van der Waals surface area contributed by atoms with Crippen molar-refractivity contribution in [2.75, 3.05) is 12.4 Å². The summed E-state index contributed by atoms with van der Waals surface area (Å²) in [6.45, 7) is 6.52. The van der Waals surface area contributed by atoms with Crippen molar-refractivity contribution < 1.29 is 4.74 Å². The van der Waals surface area contributed by atoms with E-state index in [1.807, 2.05) is 6.07 Å². The summed E-state index contributed by atoms with van der Waals surface area (Å²) in [4.78, 5) is 0. The van der Waals surface area contributed by atoms with Crippen molar-refractivity contribution in [3.05, 3.63) is 23.8 Å². The second-order valence-electron chi connectivity index (χ2n) is 4.01. The van der Waals surface area contributed by atoms with Gasteiger partial charge in [0.25, 0.3) is 0 Å². The molecule has 0 saturated heterocycles. The van der Waals surface area contributed by atoms with Crippen LogP contribution >= 0.6 is 0 Å². The number of hydrogen-bond acceptors (Lipinski definition) is 2. The molecule has 1 unspecified atom stereocenters. The molecule has 1 aromatic rings. The van der Waals surface area contributed by atoms with Gasteiger partial charge in [0.15, 0.2) is 0 Å². The summed E-state index contributed by atoms with van der Waals surface area (Å²) in [5.41, 5.74) is 2.44. The van der Waals surface area contributed by atoms with E-state index in [-0.39, 0.29) is 0 Å². The van der Waals surface area contributed by atoms with Crippen molar-refractivity contribution >= 4 is 5.69 Å². The molecule has 0 aromatic heterocycles. The van der Waals surface area contributed by atoms with Gasteiger partial charge in [0, 0.05) is 11.7 Å². The number of rotatable bonds is 5. The third-order valence-corrected chi connectivity index (χ3v) is 2.56. The predicted molar refractivity (Wildman–Crippen MR) is 65.7 cm³/mol. The summed E-state index contributed by atoms with van der Waals surface area (Å²) in [5, 5.41) is 3.51. The second kappa shape index (κ2) is 5.64. The van der Waals surface area contributed by atoms with Gasteiger partial charge in [-0.05, 0) is 44.0 Å². The van der Waals surface area contributed by atoms with Gasteiger partial charge in [-0.3, -0.25) is 0 Å². The van der Waals surface area contributed by atoms with E-state index in [1.165, 1.54) is 24.1 Å². The van der Waals surface area contributed by atoms with E-state index in [1.54, 1.807) is 7.11 Å². The summed E-state index contributed by atoms with van der Waals surface area (Å²) in [6.07, 6.45) is 2.41. The van der Waals surface area contributed by atoms with Gasteiger partial charge in [0.2, 0.25) is 0 Å². The van der Waals surface area contributed by atoms with E-state index >= 15 is 0 Å². The van der Waals surface area contributed by atoms with Crippen LogP contribution in [0.5, 0.6) is 5.75 Å². The Balaban J connectivity index is 2.69. The fraction of sp³-hybridized carbons (Fsp3) is 0.538. The minimum absolute atomic E-state index is 0.530. The van der Waals surface area contributed by atoms with E-state index in [9.17, 15) is 0 Å². The third-order valence-electron chi connectivity index (χ3n) is 2.56. The Morgan fingerprint density at radius 1 is 1.40 bits per heavy atom. The molecule has 2 heteroatoms. The maximum atomic E-state index is 5.17. The van der Waals surface area contributed by atoms with Crippen LogP contribution in [-0.4, -0.2) is 13.2 Å². The first-order valence-electron chi connectivity index (χ1n) is 5.58. The van der Waals surface area contributed by atoms with Crippen molar-refractivity contribution in [1.82, 2.24) is 0 Å². The lowest BCUT2D eigenvalue weighted by Crippen LogP contribution is -2.15. The Morgan fingerprint density at radius 3 is 2.67 bits per heavy atom. The maximum Gasteiger partial charge on any atom is 0.119 e. The SMILES string of the molecule is CCCC(C)Nc1ccc(OC)cc1C. The Bertz CT molecular complexity index is 309. The van der Waals surface area contributed by atoms with Gasteiger partial charge in [0.1, 0.15) is 5.75 Å². The first-order chi connectivity index (χ1) is 7.17. The van der Waals surface area contributed by atoms with E-state index in [0.717, 1.165) is 5.75 Å². The van der Waals surface area contributed by atoms with Crippen LogP contribution in [0.1, 0.15) is 32.3 Å². The smallest absolute Gasteiger partial charge is 0.119 e. The van der Waals surface area contributed by atoms with Crippen LogP contribution < -0.4 is 10.1 Å². The lowest BCUT2D eigenvalue weighted by atomic mass is 10.1. The van der Waals surface area contributed by atoms with Gasteiger partial charge in [-0.2, -0.15) is 0 Å². The summed E-state index contributed by atoms with van der Waals surface area (Å²) < 4.78 is 5.17. The molecule has 0 bridgehead atoms. The van der Waals surface area contributed by atoms with E-state index in [4.69, 9.17) is 4.74 Å². The molecular weight excluding hydrogens is 186 g/mol. The van der Waals surface area contributed by atoms with E-state index in [2.05, 4.69) is 38.2 Å². The van der Waals surface area contributed by atoms with Gasteiger partial charge in [0.05, 0.1) is 7.11 Å². The average Bonchev–Trinajstić information content (AvgIpc) is 2.21. The van der Waals surface area contributed by atoms with E-state index in [0.29, 0.717) is 6.04 Å². The Hall–Kier alpha value is -1.18. The predicted octanol–water partition coefficient (Wildman–Crippen LogP) is 3.60. The number of hydrogen-bond donors (Lipinski definition) is 1. The van der Waals surface area contributed by atoms with Crippen LogP contribution in [0.4, 0.5) is 5.69 Å². The van der Waals surface area contributed by atoms with Crippen molar-refractivity contribution in [2.45, 2.75) is 39.7 Å². The summed E-state index contributed by atoms with van der Waals surface area (Å²) >= 11 is 0. The highest BCUT2D eigenvalue weighted by Gasteiger charge is 2.03. The molecule has 0 amide bonds. The molecule has 0 fully saturated rings. The Labute approximate surface area is 92.6 Å². The average molecular weight is 207 g/mol. The topological polar surface area (TPSA) is 21.3 Å². The molecule has 0 aliphatic rings. The van der Waals surface area contributed by atoms with Crippen LogP contribution in [0.3, 0.4) is 0 Å². The third kappa shape index (κ3) is 3.46. The maximum absolute atomic E-state index is 5.17. The molecule has 0 heterocycles. The van der Waals surface area contributed by atoms with Gasteiger partial charge in [-0.1, -0.05) is 13.3 Å². The number of methoxy groups -OCH3 is 1. The number of ether oxygens (including phenoxy) is 1.